The standard InChI is InChI=1S/C20H20N2O8/c23-15-7-3-1-5-13(15)19(29)21(11-17(25)26)9-10-22(12-18(27)28)20(30)14-6-2-4-8-16(14)24/h1-8,23-24H,9-12H2,(H,25,26)(H,27,28). The predicted molar refractivity (Wildman–Crippen MR) is 103 cm³/mol. The Bertz CT molecular complexity index is 882. The number of phenolic OH excluding ortho intramolecular Hbond substituents is 2. The maximum Gasteiger partial charge on any atom is 0.323 e. The van der Waals surface area contributed by atoms with Crippen LogP contribution in [0.5, 0.6) is 11.5 Å². The van der Waals surface area contributed by atoms with Gasteiger partial charge in [0.1, 0.15) is 24.6 Å². The first-order valence-electron chi connectivity index (χ1n) is 8.78. The molecule has 10 nitrogen and oxygen atoms in total. The van der Waals surface area contributed by atoms with Crippen LogP contribution in [0.25, 0.3) is 0 Å². The number of aromatic hydroxyl groups is 2. The molecule has 0 unspecified atom stereocenters. The maximum atomic E-state index is 12.7. The second-order valence-corrected chi connectivity index (χ2v) is 6.28. The van der Waals surface area contributed by atoms with Crippen molar-refractivity contribution in [3.05, 3.63) is 59.7 Å². The van der Waals surface area contributed by atoms with Crippen molar-refractivity contribution in [2.75, 3.05) is 26.2 Å². The molecule has 0 saturated heterocycles. The average molecular weight is 416 g/mol. The fourth-order valence-corrected chi connectivity index (χ4v) is 2.72. The number of hydrogen-bond donors (Lipinski definition) is 4. The van der Waals surface area contributed by atoms with Gasteiger partial charge in [-0.2, -0.15) is 0 Å². The molecule has 2 amide bonds. The fraction of sp³-hybridized carbons (Fsp3) is 0.200. The Morgan fingerprint density at radius 1 is 0.633 bits per heavy atom. The normalized spacial score (nSPS) is 10.3. The maximum absolute atomic E-state index is 12.7. The van der Waals surface area contributed by atoms with Crippen LogP contribution in [0.4, 0.5) is 0 Å². The van der Waals surface area contributed by atoms with E-state index in [1.807, 2.05) is 0 Å². The molecule has 0 aliphatic carbocycles. The van der Waals surface area contributed by atoms with E-state index in [1.54, 1.807) is 0 Å². The Morgan fingerprint density at radius 2 is 0.967 bits per heavy atom. The van der Waals surface area contributed by atoms with Gasteiger partial charge in [-0.05, 0) is 24.3 Å². The van der Waals surface area contributed by atoms with E-state index < -0.39 is 36.8 Å². The molecule has 2 aromatic carbocycles. The largest absolute Gasteiger partial charge is 0.507 e. The second-order valence-electron chi connectivity index (χ2n) is 6.28. The van der Waals surface area contributed by atoms with Gasteiger partial charge in [0.05, 0.1) is 11.1 Å². The van der Waals surface area contributed by atoms with Gasteiger partial charge in [-0.1, -0.05) is 24.3 Å². The molecular weight excluding hydrogens is 396 g/mol. The summed E-state index contributed by atoms with van der Waals surface area (Å²) in [6.45, 7) is -2.07. The van der Waals surface area contributed by atoms with Crippen molar-refractivity contribution >= 4 is 23.8 Å². The molecule has 0 fully saturated rings. The number of amides is 2. The van der Waals surface area contributed by atoms with E-state index in [0.29, 0.717) is 0 Å². The quantitative estimate of drug-likeness (QED) is 0.469. The van der Waals surface area contributed by atoms with Gasteiger partial charge in [-0.25, -0.2) is 0 Å². The molecule has 10 heteroatoms. The van der Waals surface area contributed by atoms with Crippen LogP contribution in [0.3, 0.4) is 0 Å². The van der Waals surface area contributed by atoms with E-state index in [2.05, 4.69) is 0 Å². The van der Waals surface area contributed by atoms with Crippen molar-refractivity contribution in [3.63, 3.8) is 0 Å². The minimum absolute atomic E-state index is 0.129. The Morgan fingerprint density at radius 3 is 1.27 bits per heavy atom. The Labute approximate surface area is 171 Å². The highest BCUT2D eigenvalue weighted by molar-refractivity contribution is 5.99. The lowest BCUT2D eigenvalue weighted by molar-refractivity contribution is -0.139. The summed E-state index contributed by atoms with van der Waals surface area (Å²) in [6, 6.07) is 11.1. The lowest BCUT2D eigenvalue weighted by Gasteiger charge is -2.26. The summed E-state index contributed by atoms with van der Waals surface area (Å²) in [5, 5.41) is 38.0. The predicted octanol–water partition coefficient (Wildman–Crippen LogP) is 0.852. The van der Waals surface area contributed by atoms with E-state index in [0.717, 1.165) is 9.80 Å². The number of phenols is 2. The van der Waals surface area contributed by atoms with Gasteiger partial charge in [0.2, 0.25) is 0 Å². The molecule has 0 heterocycles. The van der Waals surface area contributed by atoms with E-state index in [4.69, 9.17) is 10.2 Å². The first kappa shape index (κ1) is 22.2. The number of carbonyl (C=O) groups is 4. The summed E-state index contributed by atoms with van der Waals surface area (Å²) >= 11 is 0. The van der Waals surface area contributed by atoms with Gasteiger partial charge in [-0.3, -0.25) is 19.2 Å². The summed E-state index contributed by atoms with van der Waals surface area (Å²) in [5.74, 6) is -4.91. The lowest BCUT2D eigenvalue weighted by atomic mass is 10.1. The number of carboxylic acids is 2. The topological polar surface area (TPSA) is 156 Å². The van der Waals surface area contributed by atoms with Crippen molar-refractivity contribution in [1.82, 2.24) is 9.80 Å². The minimum atomic E-state index is -1.32. The number of carbonyl (C=O) groups excluding carboxylic acids is 2. The van der Waals surface area contributed by atoms with E-state index in [1.165, 1.54) is 48.5 Å². The number of carboxylic acid groups (broad SMARTS) is 2. The minimum Gasteiger partial charge on any atom is -0.507 e. The zero-order chi connectivity index (χ0) is 22.3. The SMILES string of the molecule is O=C(O)CN(CCN(CC(=O)O)C(=O)c1ccccc1O)C(=O)c1ccccc1O. The third kappa shape index (κ3) is 5.71. The van der Waals surface area contributed by atoms with Crippen molar-refractivity contribution in [2.45, 2.75) is 0 Å². The van der Waals surface area contributed by atoms with Crippen LogP contribution in [-0.2, 0) is 9.59 Å². The Kier molecular flexibility index (Phi) is 7.34. The summed E-state index contributed by atoms with van der Waals surface area (Å²) < 4.78 is 0. The van der Waals surface area contributed by atoms with Gasteiger partial charge in [-0.15, -0.1) is 0 Å². The average Bonchev–Trinajstić information content (AvgIpc) is 2.69. The molecule has 0 spiro atoms. The molecule has 30 heavy (non-hydrogen) atoms. The number of para-hydroxylation sites is 2. The van der Waals surface area contributed by atoms with Crippen LogP contribution in [-0.4, -0.2) is 80.2 Å². The molecule has 0 saturated carbocycles. The third-order valence-corrected chi connectivity index (χ3v) is 4.14. The summed E-state index contributed by atoms with van der Waals surface area (Å²) in [5.41, 5.74) is -0.258. The van der Waals surface area contributed by atoms with Crippen LogP contribution in [0.15, 0.2) is 48.5 Å². The molecule has 0 aliphatic rings. The zero-order valence-electron chi connectivity index (χ0n) is 15.8. The highest BCUT2D eigenvalue weighted by Gasteiger charge is 2.25. The highest BCUT2D eigenvalue weighted by atomic mass is 16.4. The van der Waals surface area contributed by atoms with Gasteiger partial charge in [0.15, 0.2) is 0 Å². The second kappa shape index (κ2) is 9.92. The van der Waals surface area contributed by atoms with Crippen molar-refractivity contribution in [3.8, 4) is 11.5 Å². The number of benzene rings is 2. The molecule has 0 bridgehead atoms. The fourth-order valence-electron chi connectivity index (χ4n) is 2.72. The molecule has 0 atom stereocenters. The molecule has 0 aromatic heterocycles. The summed E-state index contributed by atoms with van der Waals surface area (Å²) in [4.78, 5) is 49.5. The molecular formula is C20H20N2O8. The Balaban J connectivity index is 2.24. The van der Waals surface area contributed by atoms with Crippen LogP contribution in [0.1, 0.15) is 20.7 Å². The Hall–Kier alpha value is -4.08. The monoisotopic (exact) mass is 416 g/mol. The van der Waals surface area contributed by atoms with Crippen molar-refractivity contribution in [1.29, 1.82) is 0 Å². The number of nitrogens with zero attached hydrogens (tertiary/aromatic N) is 2. The highest BCUT2D eigenvalue weighted by Crippen LogP contribution is 2.19. The van der Waals surface area contributed by atoms with Gasteiger partial charge >= 0.3 is 11.9 Å². The summed E-state index contributed by atoms with van der Waals surface area (Å²) in [6.07, 6.45) is 0. The number of hydrogen-bond acceptors (Lipinski definition) is 6. The van der Waals surface area contributed by atoms with Crippen molar-refractivity contribution in [2.24, 2.45) is 0 Å². The molecule has 0 aliphatic heterocycles. The van der Waals surface area contributed by atoms with Crippen LogP contribution < -0.4 is 0 Å². The summed E-state index contributed by atoms with van der Waals surface area (Å²) in [7, 11) is 0. The molecule has 158 valence electrons. The third-order valence-electron chi connectivity index (χ3n) is 4.14. The molecule has 2 aromatic rings. The van der Waals surface area contributed by atoms with Crippen molar-refractivity contribution < 1.29 is 39.6 Å². The van der Waals surface area contributed by atoms with E-state index >= 15 is 0 Å². The smallest absolute Gasteiger partial charge is 0.323 e. The van der Waals surface area contributed by atoms with E-state index in [-0.39, 0.29) is 35.7 Å². The molecule has 2 rings (SSSR count). The number of aliphatic carboxylic acids is 2. The van der Waals surface area contributed by atoms with Crippen LogP contribution >= 0.6 is 0 Å². The number of rotatable bonds is 9. The molecule has 0 radical (unpaired) electrons. The van der Waals surface area contributed by atoms with Gasteiger partial charge in [0.25, 0.3) is 11.8 Å². The first-order valence-corrected chi connectivity index (χ1v) is 8.78. The van der Waals surface area contributed by atoms with Gasteiger partial charge in [0, 0.05) is 13.1 Å². The van der Waals surface area contributed by atoms with Gasteiger partial charge < -0.3 is 30.2 Å². The van der Waals surface area contributed by atoms with Crippen LogP contribution in [0.2, 0.25) is 0 Å². The molecule has 4 N–H and O–H groups in total. The van der Waals surface area contributed by atoms with E-state index in [9.17, 15) is 29.4 Å². The zero-order valence-corrected chi connectivity index (χ0v) is 15.8. The lowest BCUT2D eigenvalue weighted by Crippen LogP contribution is -2.44. The van der Waals surface area contributed by atoms with Crippen LogP contribution in [0, 0.1) is 0 Å². The first-order chi connectivity index (χ1) is 14.2.